The van der Waals surface area contributed by atoms with E-state index in [0.29, 0.717) is 4.90 Å². The molecule has 0 aliphatic carbocycles. The standard InChI is InChI=1S/C11H13BrO2S/c1-15(13,14)11-7-5-10(6-8-11)4-2-3-9-12/h2,4-8H,3,9H2,1H3. The molecule has 0 atom stereocenters. The lowest BCUT2D eigenvalue weighted by Gasteiger charge is -1.98. The van der Waals surface area contributed by atoms with E-state index in [2.05, 4.69) is 15.9 Å². The van der Waals surface area contributed by atoms with Crippen molar-refractivity contribution in [1.29, 1.82) is 0 Å². The summed E-state index contributed by atoms with van der Waals surface area (Å²) in [6.07, 6.45) is 6.20. The van der Waals surface area contributed by atoms with E-state index in [4.69, 9.17) is 0 Å². The van der Waals surface area contributed by atoms with E-state index in [9.17, 15) is 8.42 Å². The summed E-state index contributed by atoms with van der Waals surface area (Å²) >= 11 is 3.33. The summed E-state index contributed by atoms with van der Waals surface area (Å²) in [7, 11) is -3.08. The van der Waals surface area contributed by atoms with Crippen molar-refractivity contribution in [3.8, 4) is 0 Å². The quantitative estimate of drug-likeness (QED) is 0.799. The van der Waals surface area contributed by atoms with Crippen LogP contribution in [-0.2, 0) is 9.84 Å². The summed E-state index contributed by atoms with van der Waals surface area (Å²) in [5, 5.41) is 0.935. The first-order chi connectivity index (χ1) is 7.04. The zero-order chi connectivity index (χ0) is 11.3. The molecular weight excluding hydrogens is 276 g/mol. The van der Waals surface area contributed by atoms with E-state index in [1.54, 1.807) is 24.3 Å². The molecule has 0 heterocycles. The van der Waals surface area contributed by atoms with Gasteiger partial charge in [-0.2, -0.15) is 0 Å². The van der Waals surface area contributed by atoms with Gasteiger partial charge in [-0.25, -0.2) is 8.42 Å². The van der Waals surface area contributed by atoms with Gasteiger partial charge < -0.3 is 0 Å². The van der Waals surface area contributed by atoms with Crippen molar-refractivity contribution in [3.05, 3.63) is 35.9 Å². The number of allylic oxidation sites excluding steroid dienone is 1. The van der Waals surface area contributed by atoms with Gasteiger partial charge in [0.2, 0.25) is 0 Å². The highest BCUT2D eigenvalue weighted by Gasteiger charge is 2.04. The molecule has 0 bridgehead atoms. The van der Waals surface area contributed by atoms with Crippen LogP contribution in [0.2, 0.25) is 0 Å². The first-order valence-electron chi connectivity index (χ1n) is 4.56. The lowest BCUT2D eigenvalue weighted by atomic mass is 10.2. The maximum Gasteiger partial charge on any atom is 0.175 e. The van der Waals surface area contributed by atoms with Crippen LogP contribution in [0, 0.1) is 0 Å². The Labute approximate surface area is 99.1 Å². The third kappa shape index (κ3) is 4.18. The molecule has 0 aliphatic rings. The molecule has 0 aliphatic heterocycles. The number of benzene rings is 1. The average Bonchev–Trinajstić information content (AvgIpc) is 2.18. The average molecular weight is 289 g/mol. The van der Waals surface area contributed by atoms with E-state index in [0.717, 1.165) is 17.3 Å². The smallest absolute Gasteiger partial charge is 0.175 e. The maximum absolute atomic E-state index is 11.2. The van der Waals surface area contributed by atoms with Crippen LogP contribution in [0.15, 0.2) is 35.2 Å². The van der Waals surface area contributed by atoms with Crippen molar-refractivity contribution < 1.29 is 8.42 Å². The van der Waals surface area contributed by atoms with Gasteiger partial charge in [0.15, 0.2) is 9.84 Å². The van der Waals surface area contributed by atoms with Gasteiger partial charge >= 0.3 is 0 Å². The van der Waals surface area contributed by atoms with Crippen LogP contribution < -0.4 is 0 Å². The Kier molecular flexibility index (Phi) is 4.54. The number of hydrogen-bond acceptors (Lipinski definition) is 2. The Hall–Kier alpha value is -0.610. The summed E-state index contributed by atoms with van der Waals surface area (Å²) < 4.78 is 22.4. The van der Waals surface area contributed by atoms with Gasteiger partial charge in [-0.1, -0.05) is 40.2 Å². The Bertz CT molecular complexity index is 432. The van der Waals surface area contributed by atoms with E-state index in [1.165, 1.54) is 6.26 Å². The van der Waals surface area contributed by atoms with Crippen LogP contribution in [0.5, 0.6) is 0 Å². The van der Waals surface area contributed by atoms with Crippen molar-refractivity contribution in [2.45, 2.75) is 11.3 Å². The van der Waals surface area contributed by atoms with E-state index in [-0.39, 0.29) is 0 Å². The molecule has 0 unspecified atom stereocenters. The predicted octanol–water partition coefficient (Wildman–Crippen LogP) is 2.89. The van der Waals surface area contributed by atoms with Gasteiger partial charge in [-0.05, 0) is 24.1 Å². The lowest BCUT2D eigenvalue weighted by Crippen LogP contribution is -1.95. The molecule has 0 amide bonds. The fourth-order valence-corrected chi connectivity index (χ4v) is 2.00. The summed E-state index contributed by atoms with van der Waals surface area (Å²) in [5.74, 6) is 0. The van der Waals surface area contributed by atoms with E-state index in [1.807, 2.05) is 12.2 Å². The van der Waals surface area contributed by atoms with Gasteiger partial charge in [0, 0.05) is 11.6 Å². The molecule has 1 aromatic rings. The molecule has 15 heavy (non-hydrogen) atoms. The van der Waals surface area contributed by atoms with Crippen molar-refractivity contribution in [2.24, 2.45) is 0 Å². The third-order valence-electron chi connectivity index (χ3n) is 1.89. The highest BCUT2D eigenvalue weighted by atomic mass is 79.9. The van der Waals surface area contributed by atoms with Crippen LogP contribution >= 0.6 is 15.9 Å². The molecule has 1 rings (SSSR count). The molecule has 0 fully saturated rings. The van der Waals surface area contributed by atoms with Gasteiger partial charge in [0.05, 0.1) is 4.90 Å². The molecular formula is C11H13BrO2S. The maximum atomic E-state index is 11.2. The van der Waals surface area contributed by atoms with Gasteiger partial charge in [-0.15, -0.1) is 0 Å². The summed E-state index contributed by atoms with van der Waals surface area (Å²) in [6, 6.07) is 6.87. The molecule has 0 saturated heterocycles. The topological polar surface area (TPSA) is 34.1 Å². The Morgan fingerprint density at radius 1 is 1.27 bits per heavy atom. The third-order valence-corrected chi connectivity index (χ3v) is 3.48. The Morgan fingerprint density at radius 2 is 1.87 bits per heavy atom. The number of rotatable bonds is 4. The van der Waals surface area contributed by atoms with Crippen LogP contribution in [-0.4, -0.2) is 20.0 Å². The zero-order valence-corrected chi connectivity index (χ0v) is 10.9. The fraction of sp³-hybridized carbons (Fsp3) is 0.273. The minimum atomic E-state index is -3.08. The summed E-state index contributed by atoms with van der Waals surface area (Å²) in [6.45, 7) is 0. The van der Waals surface area contributed by atoms with Crippen LogP contribution in [0.1, 0.15) is 12.0 Å². The second kappa shape index (κ2) is 5.47. The molecule has 0 radical (unpaired) electrons. The predicted molar refractivity (Wildman–Crippen MR) is 67.0 cm³/mol. The van der Waals surface area contributed by atoms with E-state index < -0.39 is 9.84 Å². The zero-order valence-electron chi connectivity index (χ0n) is 8.48. The molecule has 0 spiro atoms. The monoisotopic (exact) mass is 288 g/mol. The second-order valence-electron chi connectivity index (χ2n) is 3.22. The van der Waals surface area contributed by atoms with Crippen molar-refractivity contribution in [1.82, 2.24) is 0 Å². The van der Waals surface area contributed by atoms with Crippen LogP contribution in [0.25, 0.3) is 6.08 Å². The largest absolute Gasteiger partial charge is 0.224 e. The summed E-state index contributed by atoms with van der Waals surface area (Å²) in [5.41, 5.74) is 1.02. The van der Waals surface area contributed by atoms with Crippen molar-refractivity contribution in [2.75, 3.05) is 11.6 Å². The highest BCUT2D eigenvalue weighted by molar-refractivity contribution is 9.09. The number of sulfone groups is 1. The number of alkyl halides is 1. The molecule has 82 valence electrons. The minimum absolute atomic E-state index is 0.361. The SMILES string of the molecule is CS(=O)(=O)c1ccc(C=CCCBr)cc1. The highest BCUT2D eigenvalue weighted by Crippen LogP contribution is 2.11. The van der Waals surface area contributed by atoms with Crippen LogP contribution in [0.4, 0.5) is 0 Å². The number of halogens is 1. The normalized spacial score (nSPS) is 12.1. The Balaban J connectivity index is 2.82. The number of hydrogen-bond donors (Lipinski definition) is 0. The van der Waals surface area contributed by atoms with E-state index >= 15 is 0 Å². The Morgan fingerprint density at radius 3 is 2.33 bits per heavy atom. The molecule has 1 aromatic carbocycles. The minimum Gasteiger partial charge on any atom is -0.224 e. The fourth-order valence-electron chi connectivity index (χ4n) is 1.11. The molecule has 0 saturated carbocycles. The van der Waals surface area contributed by atoms with Gasteiger partial charge in [0.1, 0.15) is 0 Å². The van der Waals surface area contributed by atoms with Crippen LogP contribution in [0.3, 0.4) is 0 Å². The first-order valence-corrected chi connectivity index (χ1v) is 7.58. The molecule has 0 N–H and O–H groups in total. The van der Waals surface area contributed by atoms with Crippen molar-refractivity contribution in [3.63, 3.8) is 0 Å². The van der Waals surface area contributed by atoms with Crippen molar-refractivity contribution >= 4 is 31.8 Å². The summed E-state index contributed by atoms with van der Waals surface area (Å²) in [4.78, 5) is 0.361. The second-order valence-corrected chi connectivity index (χ2v) is 6.03. The van der Waals surface area contributed by atoms with Gasteiger partial charge in [-0.3, -0.25) is 0 Å². The first kappa shape index (κ1) is 12.5. The lowest BCUT2D eigenvalue weighted by molar-refractivity contribution is 0.602. The molecule has 2 nitrogen and oxygen atoms in total. The van der Waals surface area contributed by atoms with Gasteiger partial charge in [0.25, 0.3) is 0 Å². The molecule has 4 heteroatoms. The molecule has 0 aromatic heterocycles.